The van der Waals surface area contributed by atoms with E-state index in [1.165, 1.54) is 11.0 Å². The smallest absolute Gasteiger partial charge is 0.346 e. The lowest BCUT2D eigenvalue weighted by atomic mass is 10.0. The summed E-state index contributed by atoms with van der Waals surface area (Å²) in [5, 5.41) is 0.00847. The largest absolute Gasteiger partial charge is 0.385 e. The molecule has 0 saturated heterocycles. The molecule has 0 bridgehead atoms. The third-order valence-corrected chi connectivity index (χ3v) is 3.19. The first kappa shape index (κ1) is 13.8. The van der Waals surface area contributed by atoms with Crippen molar-refractivity contribution in [1.29, 1.82) is 0 Å². The van der Waals surface area contributed by atoms with Crippen LogP contribution < -0.4 is 5.73 Å². The first-order chi connectivity index (χ1) is 8.91. The number of amidine groups is 1. The second kappa shape index (κ2) is 5.17. The molecule has 1 aliphatic rings. The van der Waals surface area contributed by atoms with Crippen molar-refractivity contribution in [3.05, 3.63) is 34.6 Å². The minimum Gasteiger partial charge on any atom is -0.385 e. The fourth-order valence-corrected chi connectivity index (χ4v) is 2.32. The van der Waals surface area contributed by atoms with Crippen LogP contribution in [0.15, 0.2) is 23.2 Å². The third-order valence-electron chi connectivity index (χ3n) is 2.90. The molecule has 0 aromatic heterocycles. The minimum atomic E-state index is -0.673. The van der Waals surface area contributed by atoms with E-state index in [1.54, 1.807) is 12.1 Å². The number of benzene rings is 1. The molecule has 4 nitrogen and oxygen atoms in total. The molecule has 102 valence electrons. The number of aliphatic imine (C=N–C) groups is 1. The highest BCUT2D eigenvalue weighted by molar-refractivity contribution is 6.30. The summed E-state index contributed by atoms with van der Waals surface area (Å²) >= 11 is 5.77. The number of halogens is 2. The summed E-state index contributed by atoms with van der Waals surface area (Å²) in [6, 6.07) is 3.55. The van der Waals surface area contributed by atoms with Gasteiger partial charge in [0.05, 0.1) is 5.02 Å². The van der Waals surface area contributed by atoms with Crippen LogP contribution in [0, 0.1) is 11.7 Å². The molecule has 2 N–H and O–H groups in total. The zero-order chi connectivity index (χ0) is 14.2. The lowest BCUT2D eigenvalue weighted by Gasteiger charge is -2.26. The monoisotopic (exact) mass is 283 g/mol. The molecule has 1 aromatic rings. The van der Waals surface area contributed by atoms with Gasteiger partial charge in [-0.1, -0.05) is 37.6 Å². The zero-order valence-corrected chi connectivity index (χ0v) is 11.5. The summed E-state index contributed by atoms with van der Waals surface area (Å²) in [6.07, 6.45) is 0. The number of carbonyl (C=O) groups is 1. The van der Waals surface area contributed by atoms with Crippen molar-refractivity contribution in [2.75, 3.05) is 6.54 Å². The predicted molar refractivity (Wildman–Crippen MR) is 72.7 cm³/mol. The number of amides is 2. The molecule has 0 radical (unpaired) electrons. The summed E-state index contributed by atoms with van der Waals surface area (Å²) in [4.78, 5) is 17.0. The van der Waals surface area contributed by atoms with Gasteiger partial charge in [-0.3, -0.25) is 0 Å². The van der Waals surface area contributed by atoms with Gasteiger partial charge in [-0.05, 0) is 12.0 Å². The van der Waals surface area contributed by atoms with E-state index in [9.17, 15) is 9.18 Å². The van der Waals surface area contributed by atoms with Gasteiger partial charge in [0.25, 0.3) is 0 Å². The highest BCUT2D eigenvalue weighted by Gasteiger charge is 2.36. The highest BCUT2D eigenvalue weighted by Crippen LogP contribution is 2.31. The van der Waals surface area contributed by atoms with Crippen LogP contribution in [0.2, 0.25) is 5.02 Å². The number of hydrogen-bond acceptors (Lipinski definition) is 2. The van der Waals surface area contributed by atoms with E-state index in [0.717, 1.165) is 0 Å². The Bertz CT molecular complexity index is 545. The molecule has 1 aromatic carbocycles. The Morgan fingerprint density at radius 3 is 2.84 bits per heavy atom. The molecular formula is C13H15ClFN3O. The maximum absolute atomic E-state index is 14.1. The number of nitrogens with zero attached hydrogens (tertiary/aromatic N) is 2. The van der Waals surface area contributed by atoms with Crippen LogP contribution in [-0.4, -0.2) is 23.3 Å². The average molecular weight is 284 g/mol. The molecule has 1 aliphatic heterocycles. The third kappa shape index (κ3) is 2.56. The summed E-state index contributed by atoms with van der Waals surface area (Å²) < 4.78 is 14.1. The van der Waals surface area contributed by atoms with Gasteiger partial charge < -0.3 is 10.6 Å². The molecule has 6 heteroatoms. The van der Waals surface area contributed by atoms with E-state index in [4.69, 9.17) is 17.3 Å². The van der Waals surface area contributed by atoms with Crippen molar-refractivity contribution in [1.82, 2.24) is 4.90 Å². The van der Waals surface area contributed by atoms with Gasteiger partial charge in [-0.25, -0.2) is 9.18 Å². The minimum absolute atomic E-state index is 0.00847. The fraction of sp³-hybridized carbons (Fsp3) is 0.385. The SMILES string of the molecule is CC(C)CN1C(=O)N=C(N)C1c1cccc(Cl)c1F. The van der Waals surface area contributed by atoms with E-state index < -0.39 is 17.9 Å². The molecule has 2 rings (SSSR count). The van der Waals surface area contributed by atoms with Crippen LogP contribution in [0.4, 0.5) is 9.18 Å². The second-order valence-electron chi connectivity index (χ2n) is 4.91. The van der Waals surface area contributed by atoms with Crippen LogP contribution in [0.1, 0.15) is 25.5 Å². The Hall–Kier alpha value is -1.62. The van der Waals surface area contributed by atoms with Crippen LogP contribution in [0.25, 0.3) is 0 Å². The normalized spacial score (nSPS) is 19.2. The molecule has 1 heterocycles. The lowest BCUT2D eigenvalue weighted by molar-refractivity contribution is 0.198. The molecule has 1 unspecified atom stereocenters. The highest BCUT2D eigenvalue weighted by atomic mass is 35.5. The molecule has 19 heavy (non-hydrogen) atoms. The molecule has 0 aliphatic carbocycles. The Balaban J connectivity index is 2.43. The van der Waals surface area contributed by atoms with E-state index in [2.05, 4.69) is 4.99 Å². The first-order valence-electron chi connectivity index (χ1n) is 6.00. The van der Waals surface area contributed by atoms with Crippen LogP contribution >= 0.6 is 11.6 Å². The van der Waals surface area contributed by atoms with Crippen LogP contribution in [0.3, 0.4) is 0 Å². The Labute approximate surface area is 116 Å². The van der Waals surface area contributed by atoms with Crippen molar-refractivity contribution in [3.8, 4) is 0 Å². The molecule has 0 fully saturated rings. The van der Waals surface area contributed by atoms with Crippen LogP contribution in [0.5, 0.6) is 0 Å². The van der Waals surface area contributed by atoms with Gasteiger partial charge in [0, 0.05) is 12.1 Å². The van der Waals surface area contributed by atoms with E-state index in [1.807, 2.05) is 13.8 Å². The quantitative estimate of drug-likeness (QED) is 0.927. The van der Waals surface area contributed by atoms with E-state index >= 15 is 0 Å². The number of nitrogens with two attached hydrogens (primary N) is 1. The number of rotatable bonds is 3. The van der Waals surface area contributed by atoms with Gasteiger partial charge in [-0.2, -0.15) is 4.99 Å². The van der Waals surface area contributed by atoms with E-state index in [0.29, 0.717) is 6.54 Å². The topological polar surface area (TPSA) is 58.7 Å². The van der Waals surface area contributed by atoms with Crippen molar-refractivity contribution in [2.45, 2.75) is 19.9 Å². The van der Waals surface area contributed by atoms with Crippen molar-refractivity contribution in [2.24, 2.45) is 16.6 Å². The summed E-state index contributed by atoms with van der Waals surface area (Å²) in [6.45, 7) is 4.39. The number of hydrogen-bond donors (Lipinski definition) is 1. The molecule has 0 saturated carbocycles. The maximum Gasteiger partial charge on any atom is 0.346 e. The van der Waals surface area contributed by atoms with Gasteiger partial charge in [-0.15, -0.1) is 0 Å². The molecule has 0 spiro atoms. The van der Waals surface area contributed by atoms with Crippen molar-refractivity contribution < 1.29 is 9.18 Å². The van der Waals surface area contributed by atoms with Gasteiger partial charge in [0.1, 0.15) is 17.7 Å². The summed E-state index contributed by atoms with van der Waals surface area (Å²) in [5.74, 6) is -0.225. The van der Waals surface area contributed by atoms with E-state index in [-0.39, 0.29) is 22.3 Å². The standard InChI is InChI=1S/C13H15ClFN3O/c1-7(2)6-18-11(12(16)17-13(18)19)8-4-3-5-9(14)10(8)15/h3-5,7,11H,6H2,1-2H3,(H2,16,17,19). The van der Waals surface area contributed by atoms with Crippen molar-refractivity contribution in [3.63, 3.8) is 0 Å². The van der Waals surface area contributed by atoms with Gasteiger partial charge in [0.2, 0.25) is 0 Å². The summed E-state index contributed by atoms with van der Waals surface area (Å²) in [5.41, 5.74) is 6.04. The van der Waals surface area contributed by atoms with Crippen molar-refractivity contribution >= 4 is 23.5 Å². The lowest BCUT2D eigenvalue weighted by Crippen LogP contribution is -2.36. The fourth-order valence-electron chi connectivity index (χ4n) is 2.14. The Morgan fingerprint density at radius 2 is 2.21 bits per heavy atom. The average Bonchev–Trinajstić information content (AvgIpc) is 2.58. The molecule has 1 atom stereocenters. The van der Waals surface area contributed by atoms with Crippen LogP contribution in [-0.2, 0) is 0 Å². The summed E-state index contributed by atoms with van der Waals surface area (Å²) in [7, 11) is 0. The molecular weight excluding hydrogens is 269 g/mol. The zero-order valence-electron chi connectivity index (χ0n) is 10.7. The number of carbonyl (C=O) groups excluding carboxylic acids is 1. The van der Waals surface area contributed by atoms with Gasteiger partial charge in [0.15, 0.2) is 0 Å². The number of urea groups is 1. The first-order valence-corrected chi connectivity index (χ1v) is 6.38. The Morgan fingerprint density at radius 1 is 1.53 bits per heavy atom. The van der Waals surface area contributed by atoms with Gasteiger partial charge >= 0.3 is 6.03 Å². The maximum atomic E-state index is 14.1. The Kier molecular flexibility index (Phi) is 3.75. The molecule has 2 amide bonds. The second-order valence-corrected chi connectivity index (χ2v) is 5.32. The predicted octanol–water partition coefficient (Wildman–Crippen LogP) is 2.97.